The predicted molar refractivity (Wildman–Crippen MR) is 183 cm³/mol. The second-order valence-electron chi connectivity index (χ2n) is 12.1. The van der Waals surface area contributed by atoms with Crippen LogP contribution in [0, 0.1) is 0 Å². The van der Waals surface area contributed by atoms with Gasteiger partial charge in [-0.05, 0) is 65.6 Å². The number of amides is 1. The van der Waals surface area contributed by atoms with Gasteiger partial charge in [-0.3, -0.25) is 14.7 Å². The zero-order valence-corrected chi connectivity index (χ0v) is 26.8. The highest BCUT2D eigenvalue weighted by Gasteiger charge is 2.33. The van der Waals surface area contributed by atoms with E-state index in [1.807, 2.05) is 42.5 Å². The normalized spacial score (nSPS) is 18.5. The van der Waals surface area contributed by atoms with Crippen LogP contribution < -0.4 is 5.32 Å². The van der Waals surface area contributed by atoms with E-state index in [9.17, 15) is 9.90 Å². The number of aromatic nitrogens is 1. The number of ether oxygens (including phenoxy) is 2. The second-order valence-corrected chi connectivity index (χ2v) is 12.1. The lowest BCUT2D eigenvalue weighted by Crippen LogP contribution is -2.38. The zero-order chi connectivity index (χ0) is 32.6. The topological polar surface area (TPSA) is 83.9 Å². The van der Waals surface area contributed by atoms with E-state index in [2.05, 4.69) is 89.8 Å². The molecule has 7 heteroatoms. The van der Waals surface area contributed by atoms with Gasteiger partial charge in [-0.15, -0.1) is 0 Å². The van der Waals surface area contributed by atoms with Crippen LogP contribution in [0.2, 0.25) is 0 Å². The number of hydrogen-bond donors (Lipinski definition) is 2. The van der Waals surface area contributed by atoms with Crippen molar-refractivity contribution in [1.29, 1.82) is 0 Å². The van der Waals surface area contributed by atoms with E-state index in [-0.39, 0.29) is 30.8 Å². The third-order valence-electron chi connectivity index (χ3n) is 8.87. The number of carbonyl (C=O) groups is 1. The Kier molecular flexibility index (Phi) is 10.5. The van der Waals surface area contributed by atoms with E-state index in [0.29, 0.717) is 12.1 Å². The molecule has 0 radical (unpaired) electrons. The monoisotopic (exact) mass is 627 g/mol. The number of nitrogens with zero attached hydrogens (tertiary/aromatic N) is 2. The van der Waals surface area contributed by atoms with E-state index < -0.39 is 6.29 Å². The average molecular weight is 628 g/mol. The van der Waals surface area contributed by atoms with Crippen LogP contribution >= 0.6 is 0 Å². The third kappa shape index (κ3) is 8.20. The van der Waals surface area contributed by atoms with Crippen LogP contribution in [0.15, 0.2) is 128 Å². The van der Waals surface area contributed by atoms with Gasteiger partial charge in [-0.25, -0.2) is 0 Å². The number of nitrogens with one attached hydrogen (secondary N) is 1. The first-order chi connectivity index (χ1) is 23.0. The number of hydrogen-bond acceptors (Lipinski definition) is 6. The van der Waals surface area contributed by atoms with Gasteiger partial charge in [0.05, 0.1) is 24.4 Å². The molecule has 7 nitrogen and oxygen atoms in total. The summed E-state index contributed by atoms with van der Waals surface area (Å²) in [6.45, 7) is 3.41. The molecule has 2 heterocycles. The van der Waals surface area contributed by atoms with E-state index in [1.54, 1.807) is 24.5 Å². The molecule has 0 saturated carbocycles. The smallest absolute Gasteiger partial charge is 0.253 e. The minimum atomic E-state index is -0.528. The summed E-state index contributed by atoms with van der Waals surface area (Å²) in [5.74, 6) is -0.151. The second kappa shape index (κ2) is 15.3. The number of pyridine rings is 1. The average Bonchev–Trinajstić information content (AvgIpc) is 3.14. The summed E-state index contributed by atoms with van der Waals surface area (Å²) in [7, 11) is 2.14. The summed E-state index contributed by atoms with van der Waals surface area (Å²) < 4.78 is 13.2. The number of aliphatic hydroxyl groups excluding tert-OH is 1. The van der Waals surface area contributed by atoms with Crippen LogP contribution in [0.1, 0.15) is 70.0 Å². The van der Waals surface area contributed by atoms with Crippen LogP contribution in [0.4, 0.5) is 0 Å². The van der Waals surface area contributed by atoms with Gasteiger partial charge in [0.15, 0.2) is 6.29 Å². The van der Waals surface area contributed by atoms with Crippen molar-refractivity contribution in [2.45, 2.75) is 51.0 Å². The van der Waals surface area contributed by atoms with Crippen LogP contribution in [0.25, 0.3) is 11.1 Å². The van der Waals surface area contributed by atoms with E-state index in [0.717, 1.165) is 46.3 Å². The maximum absolute atomic E-state index is 12.5. The number of carbonyl (C=O) groups excluding carboxylic acids is 1. The SMILES string of the molecule is C[C@@H](c1ccccc1)N(C)C[C@H]1C[C@@H](c2ccc(CO)cc2)O[C@@H](c2ccc(-c3cccc(CNC(=O)c4cccnc4)c3)cc2)O1. The van der Waals surface area contributed by atoms with Crippen LogP contribution in [0.5, 0.6) is 0 Å². The first-order valence-corrected chi connectivity index (χ1v) is 16.1. The molecule has 4 atom stereocenters. The van der Waals surface area contributed by atoms with E-state index >= 15 is 0 Å². The molecule has 1 aromatic heterocycles. The Balaban J connectivity index is 1.17. The Bertz CT molecular complexity index is 1730. The Labute approximate surface area is 276 Å². The number of likely N-dealkylation sites (N-methyl/N-ethyl adjacent to an activating group) is 1. The molecule has 0 spiro atoms. The fraction of sp³-hybridized carbons (Fsp3) is 0.250. The summed E-state index contributed by atoms with van der Waals surface area (Å²) in [5, 5.41) is 12.5. The van der Waals surface area contributed by atoms with Gasteiger partial charge in [0.2, 0.25) is 0 Å². The van der Waals surface area contributed by atoms with Crippen molar-refractivity contribution in [3.8, 4) is 11.1 Å². The fourth-order valence-corrected chi connectivity index (χ4v) is 5.97. The Hall–Kier alpha value is -4.66. The first-order valence-electron chi connectivity index (χ1n) is 16.1. The van der Waals surface area contributed by atoms with Gasteiger partial charge in [-0.2, -0.15) is 0 Å². The quantitative estimate of drug-likeness (QED) is 0.159. The van der Waals surface area contributed by atoms with Crippen molar-refractivity contribution < 1.29 is 19.4 Å². The molecule has 1 fully saturated rings. The van der Waals surface area contributed by atoms with Gasteiger partial charge < -0.3 is 19.9 Å². The van der Waals surface area contributed by atoms with Crippen molar-refractivity contribution in [3.63, 3.8) is 0 Å². The lowest BCUT2D eigenvalue weighted by Gasteiger charge is -2.39. The first kappa shape index (κ1) is 32.3. The minimum absolute atomic E-state index is 0.0115. The van der Waals surface area contributed by atoms with Gasteiger partial charge in [0, 0.05) is 43.5 Å². The van der Waals surface area contributed by atoms with E-state index in [1.165, 1.54) is 5.56 Å². The summed E-state index contributed by atoms with van der Waals surface area (Å²) in [4.78, 5) is 18.9. The van der Waals surface area contributed by atoms with Crippen LogP contribution in [-0.2, 0) is 22.6 Å². The number of rotatable bonds is 11. The Morgan fingerprint density at radius 2 is 1.64 bits per heavy atom. The molecule has 1 amide bonds. The lowest BCUT2D eigenvalue weighted by molar-refractivity contribution is -0.253. The molecule has 1 aliphatic rings. The molecule has 5 aromatic rings. The highest BCUT2D eigenvalue weighted by molar-refractivity contribution is 5.93. The highest BCUT2D eigenvalue weighted by atomic mass is 16.7. The minimum Gasteiger partial charge on any atom is -0.392 e. The molecule has 47 heavy (non-hydrogen) atoms. The summed E-state index contributed by atoms with van der Waals surface area (Å²) in [6.07, 6.45) is 3.21. The van der Waals surface area contributed by atoms with E-state index in [4.69, 9.17) is 9.47 Å². The summed E-state index contributed by atoms with van der Waals surface area (Å²) in [5.41, 5.74) is 7.84. The highest BCUT2D eigenvalue weighted by Crippen LogP contribution is 2.39. The molecule has 0 aliphatic carbocycles. The number of benzene rings is 4. The zero-order valence-electron chi connectivity index (χ0n) is 26.8. The fourth-order valence-electron chi connectivity index (χ4n) is 5.97. The molecular weight excluding hydrogens is 586 g/mol. The third-order valence-corrected chi connectivity index (χ3v) is 8.87. The lowest BCUT2D eigenvalue weighted by atomic mass is 9.98. The largest absolute Gasteiger partial charge is 0.392 e. The molecule has 1 aliphatic heterocycles. The standard InChI is InChI=1S/C40H41N3O4/c1-28(31-9-4-3-5-10-31)43(2)26-37-23-38(33-15-13-29(27-44)14-16-33)47-40(46-37)34-19-17-32(18-20-34)35-11-6-8-30(22-35)24-42-39(45)36-12-7-21-41-25-36/h3-22,25,28,37-38,40,44H,23-24,26-27H2,1-2H3,(H,42,45)/t28-,37+,38-,40-/m0/s1. The van der Waals surface area contributed by atoms with Crippen LogP contribution in [0.3, 0.4) is 0 Å². The molecule has 240 valence electrons. The molecule has 0 unspecified atom stereocenters. The van der Waals surface area contributed by atoms with Gasteiger partial charge in [-0.1, -0.05) is 97.1 Å². The van der Waals surface area contributed by atoms with Crippen molar-refractivity contribution in [2.75, 3.05) is 13.6 Å². The van der Waals surface area contributed by atoms with Crippen LogP contribution in [-0.4, -0.2) is 40.6 Å². The van der Waals surface area contributed by atoms with Gasteiger partial charge in [0.25, 0.3) is 5.91 Å². The molecule has 4 aromatic carbocycles. The predicted octanol–water partition coefficient (Wildman–Crippen LogP) is 7.41. The van der Waals surface area contributed by atoms with Crippen molar-refractivity contribution in [2.24, 2.45) is 0 Å². The molecule has 1 saturated heterocycles. The molecular formula is C40H41N3O4. The van der Waals surface area contributed by atoms with Gasteiger partial charge >= 0.3 is 0 Å². The molecule has 0 bridgehead atoms. The summed E-state index contributed by atoms with van der Waals surface area (Å²) in [6, 6.07) is 38.8. The maximum atomic E-state index is 12.5. The maximum Gasteiger partial charge on any atom is 0.253 e. The summed E-state index contributed by atoms with van der Waals surface area (Å²) >= 11 is 0. The molecule has 6 rings (SSSR count). The van der Waals surface area contributed by atoms with Crippen molar-refractivity contribution in [1.82, 2.24) is 15.2 Å². The van der Waals surface area contributed by atoms with Crippen molar-refractivity contribution >= 4 is 5.91 Å². The Morgan fingerprint density at radius 3 is 2.36 bits per heavy atom. The van der Waals surface area contributed by atoms with Gasteiger partial charge in [0.1, 0.15) is 0 Å². The molecule has 2 N–H and O–H groups in total. The number of aliphatic hydroxyl groups is 1. The van der Waals surface area contributed by atoms with Crippen molar-refractivity contribution in [3.05, 3.63) is 161 Å². The Morgan fingerprint density at radius 1 is 0.872 bits per heavy atom.